The van der Waals surface area contributed by atoms with Crippen molar-refractivity contribution in [2.24, 2.45) is 0 Å². The number of rotatable bonds is 4. The minimum atomic E-state index is -0.0288. The molecule has 14 heavy (non-hydrogen) atoms. The van der Waals surface area contributed by atoms with Crippen molar-refractivity contribution in [3.63, 3.8) is 0 Å². The van der Waals surface area contributed by atoms with Crippen LogP contribution in [0.25, 0.3) is 0 Å². The topological polar surface area (TPSA) is 34.1 Å². The van der Waals surface area contributed by atoms with E-state index in [1.165, 1.54) is 6.08 Å². The number of benzene rings is 1. The third-order valence-electron chi connectivity index (χ3n) is 2.20. The van der Waals surface area contributed by atoms with E-state index in [4.69, 9.17) is 0 Å². The molecule has 0 aliphatic carbocycles. The van der Waals surface area contributed by atoms with Crippen LogP contribution in [0.15, 0.2) is 42.0 Å². The molecule has 0 aromatic heterocycles. The summed E-state index contributed by atoms with van der Waals surface area (Å²) >= 11 is 0. The summed E-state index contributed by atoms with van der Waals surface area (Å²) in [7, 11) is 0. The van der Waals surface area contributed by atoms with E-state index >= 15 is 0 Å². The fourth-order valence-corrected chi connectivity index (χ4v) is 1.30. The summed E-state index contributed by atoms with van der Waals surface area (Å²) in [4.78, 5) is 21.0. The summed E-state index contributed by atoms with van der Waals surface area (Å²) in [6.07, 6.45) is 2.68. The van der Waals surface area contributed by atoms with Gasteiger partial charge < -0.3 is 0 Å². The van der Waals surface area contributed by atoms with Gasteiger partial charge in [-0.05, 0) is 11.6 Å². The molecule has 0 N–H and O–H groups in total. The lowest BCUT2D eigenvalue weighted by Gasteiger charge is -2.10. The summed E-state index contributed by atoms with van der Waals surface area (Å²) < 4.78 is 0. The first kappa shape index (κ1) is 10.4. The summed E-state index contributed by atoms with van der Waals surface area (Å²) in [6.45, 7) is 1.90. The van der Waals surface area contributed by atoms with Gasteiger partial charge in [-0.1, -0.05) is 37.3 Å². The minimum absolute atomic E-state index is 0.0288. The first-order valence-electron chi connectivity index (χ1n) is 4.45. The predicted octanol–water partition coefficient (Wildman–Crippen LogP) is 2.11. The lowest BCUT2D eigenvalue weighted by molar-refractivity contribution is -0.106. The molecule has 72 valence electrons. The van der Waals surface area contributed by atoms with Gasteiger partial charge in [0.05, 0.1) is 0 Å². The van der Waals surface area contributed by atoms with Crippen LogP contribution in [0.4, 0.5) is 0 Å². The Kier molecular flexibility index (Phi) is 3.80. The van der Waals surface area contributed by atoms with Crippen LogP contribution in [0.3, 0.4) is 0 Å². The number of aldehydes is 2. The smallest absolute Gasteiger partial charge is 0.146 e. The minimum Gasteiger partial charge on any atom is -0.299 e. The Morgan fingerprint density at radius 1 is 1.21 bits per heavy atom. The van der Waals surface area contributed by atoms with Gasteiger partial charge in [-0.15, -0.1) is 0 Å². The van der Waals surface area contributed by atoms with Gasteiger partial charge in [-0.2, -0.15) is 0 Å². The van der Waals surface area contributed by atoms with E-state index in [1.54, 1.807) is 0 Å². The molecule has 1 atom stereocenters. The molecule has 0 amide bonds. The van der Waals surface area contributed by atoms with E-state index in [9.17, 15) is 9.59 Å². The molecule has 1 aromatic carbocycles. The first-order valence-corrected chi connectivity index (χ1v) is 4.45. The summed E-state index contributed by atoms with van der Waals surface area (Å²) in [5.41, 5.74) is 1.54. The Balaban J connectivity index is 2.94. The maximum Gasteiger partial charge on any atom is 0.146 e. The molecule has 0 aliphatic heterocycles. The predicted molar refractivity (Wildman–Crippen MR) is 55.1 cm³/mol. The molecule has 0 radical (unpaired) electrons. The highest BCUT2D eigenvalue weighted by atomic mass is 16.1. The van der Waals surface area contributed by atoms with E-state index in [-0.39, 0.29) is 5.92 Å². The van der Waals surface area contributed by atoms with Gasteiger partial charge in [0.2, 0.25) is 0 Å². The second kappa shape index (κ2) is 5.12. The van der Waals surface area contributed by atoms with Crippen LogP contribution >= 0.6 is 0 Å². The fraction of sp³-hybridized carbons (Fsp3) is 0.167. The lowest BCUT2D eigenvalue weighted by Crippen LogP contribution is -1.99. The van der Waals surface area contributed by atoms with Crippen LogP contribution < -0.4 is 0 Å². The zero-order valence-electron chi connectivity index (χ0n) is 8.01. The van der Waals surface area contributed by atoms with Crippen molar-refractivity contribution in [3.05, 3.63) is 47.5 Å². The van der Waals surface area contributed by atoms with E-state index in [1.807, 2.05) is 37.3 Å². The molecule has 2 heteroatoms. The SMILES string of the molecule is CC(C(C=O)=CC=O)c1ccccc1. The van der Waals surface area contributed by atoms with Gasteiger partial charge >= 0.3 is 0 Å². The second-order valence-corrected chi connectivity index (χ2v) is 3.05. The number of carbonyl (C=O) groups excluding carboxylic acids is 2. The Labute approximate surface area is 83.3 Å². The van der Waals surface area contributed by atoms with Gasteiger partial charge in [0.1, 0.15) is 12.6 Å². The molecule has 0 saturated heterocycles. The van der Waals surface area contributed by atoms with Crippen molar-refractivity contribution in [1.29, 1.82) is 0 Å². The Bertz CT molecular complexity index is 339. The highest BCUT2D eigenvalue weighted by molar-refractivity contribution is 5.83. The molecule has 0 fully saturated rings. The van der Waals surface area contributed by atoms with Gasteiger partial charge in [0, 0.05) is 11.5 Å². The normalized spacial score (nSPS) is 13.4. The van der Waals surface area contributed by atoms with Crippen molar-refractivity contribution in [1.82, 2.24) is 0 Å². The molecule has 2 nitrogen and oxygen atoms in total. The van der Waals surface area contributed by atoms with Crippen LogP contribution in [0.1, 0.15) is 18.4 Å². The summed E-state index contributed by atoms with van der Waals surface area (Å²) in [6, 6.07) is 9.62. The Hall–Kier alpha value is -1.70. The first-order chi connectivity index (χ1) is 6.79. The van der Waals surface area contributed by atoms with E-state index in [2.05, 4.69) is 0 Å². The molecular formula is C12H12O2. The molecular weight excluding hydrogens is 176 g/mol. The number of hydrogen-bond donors (Lipinski definition) is 0. The van der Waals surface area contributed by atoms with Crippen molar-refractivity contribution in [3.8, 4) is 0 Å². The molecule has 1 rings (SSSR count). The van der Waals surface area contributed by atoms with Crippen LogP contribution in [0.5, 0.6) is 0 Å². The molecule has 0 spiro atoms. The van der Waals surface area contributed by atoms with Crippen LogP contribution in [0, 0.1) is 0 Å². The maximum atomic E-state index is 10.7. The van der Waals surface area contributed by atoms with E-state index in [0.717, 1.165) is 11.8 Å². The number of allylic oxidation sites excluding steroid dienone is 2. The van der Waals surface area contributed by atoms with Gasteiger partial charge in [0.15, 0.2) is 0 Å². The molecule has 1 unspecified atom stereocenters. The zero-order valence-corrected chi connectivity index (χ0v) is 8.01. The average Bonchev–Trinajstić information content (AvgIpc) is 2.26. The van der Waals surface area contributed by atoms with Gasteiger partial charge in [-0.3, -0.25) is 9.59 Å². The van der Waals surface area contributed by atoms with Gasteiger partial charge in [0.25, 0.3) is 0 Å². The van der Waals surface area contributed by atoms with Crippen molar-refractivity contribution in [2.75, 3.05) is 0 Å². The largest absolute Gasteiger partial charge is 0.299 e. The molecule has 1 aromatic rings. The monoisotopic (exact) mass is 188 g/mol. The van der Waals surface area contributed by atoms with Crippen molar-refractivity contribution in [2.45, 2.75) is 12.8 Å². The van der Waals surface area contributed by atoms with E-state index < -0.39 is 0 Å². The lowest BCUT2D eigenvalue weighted by atomic mass is 9.94. The molecule has 0 heterocycles. The van der Waals surface area contributed by atoms with Gasteiger partial charge in [-0.25, -0.2) is 0 Å². The summed E-state index contributed by atoms with van der Waals surface area (Å²) in [5, 5.41) is 0. The van der Waals surface area contributed by atoms with Crippen molar-refractivity contribution < 1.29 is 9.59 Å². The highest BCUT2D eigenvalue weighted by Crippen LogP contribution is 2.21. The third kappa shape index (κ3) is 2.39. The maximum absolute atomic E-state index is 10.7. The molecule has 0 aliphatic rings. The zero-order chi connectivity index (χ0) is 10.4. The summed E-state index contributed by atoms with van der Waals surface area (Å²) in [5.74, 6) is -0.0288. The van der Waals surface area contributed by atoms with Crippen LogP contribution in [-0.4, -0.2) is 12.6 Å². The molecule has 0 saturated carbocycles. The number of carbonyl (C=O) groups is 2. The average molecular weight is 188 g/mol. The highest BCUT2D eigenvalue weighted by Gasteiger charge is 2.09. The number of hydrogen-bond acceptors (Lipinski definition) is 2. The van der Waals surface area contributed by atoms with Crippen LogP contribution in [0.2, 0.25) is 0 Å². The fourth-order valence-electron chi connectivity index (χ4n) is 1.30. The second-order valence-electron chi connectivity index (χ2n) is 3.05. The molecule has 0 bridgehead atoms. The van der Waals surface area contributed by atoms with E-state index in [0.29, 0.717) is 11.9 Å². The Morgan fingerprint density at radius 3 is 2.36 bits per heavy atom. The standard InChI is InChI=1S/C12H12O2/c1-10(12(9-14)7-8-13)11-5-3-2-4-6-11/h2-10H,1H3. The van der Waals surface area contributed by atoms with Crippen LogP contribution in [-0.2, 0) is 9.59 Å². The third-order valence-corrected chi connectivity index (χ3v) is 2.20. The quantitative estimate of drug-likeness (QED) is 0.535. The van der Waals surface area contributed by atoms with Crippen molar-refractivity contribution >= 4 is 12.6 Å². The Morgan fingerprint density at radius 2 is 1.86 bits per heavy atom.